The fraction of sp³-hybridized carbons (Fsp3) is 0.333. The molecule has 1 aromatic carbocycles. The van der Waals surface area contributed by atoms with E-state index in [4.69, 9.17) is 10.3 Å². The molecule has 0 spiro atoms. The maximum Gasteiger partial charge on any atom is 0.258 e. The summed E-state index contributed by atoms with van der Waals surface area (Å²) in [6.45, 7) is 4.07. The fourth-order valence-corrected chi connectivity index (χ4v) is 1.62. The van der Waals surface area contributed by atoms with Crippen molar-refractivity contribution in [3.05, 3.63) is 29.6 Å². The van der Waals surface area contributed by atoms with Crippen molar-refractivity contribution in [1.82, 2.24) is 10.1 Å². The summed E-state index contributed by atoms with van der Waals surface area (Å²) < 4.78 is 5.22. The van der Waals surface area contributed by atoms with Gasteiger partial charge < -0.3 is 10.3 Å². The van der Waals surface area contributed by atoms with Crippen LogP contribution in [0.3, 0.4) is 0 Å². The van der Waals surface area contributed by atoms with Crippen molar-refractivity contribution in [2.24, 2.45) is 0 Å². The number of nitrogens with zero attached hydrogens (tertiary/aromatic N) is 2. The lowest BCUT2D eigenvalue weighted by Crippen LogP contribution is -1.89. The van der Waals surface area contributed by atoms with E-state index in [1.54, 1.807) is 0 Å². The largest absolute Gasteiger partial charge is 0.399 e. The van der Waals surface area contributed by atoms with Crippen molar-refractivity contribution in [3.8, 4) is 11.5 Å². The monoisotopic (exact) mass is 217 g/mol. The first kappa shape index (κ1) is 10.7. The molecule has 1 aromatic heterocycles. The van der Waals surface area contributed by atoms with Crippen LogP contribution < -0.4 is 5.73 Å². The van der Waals surface area contributed by atoms with Crippen LogP contribution in [0.1, 0.15) is 24.7 Å². The number of benzene rings is 1. The lowest BCUT2D eigenvalue weighted by molar-refractivity contribution is 0.422. The van der Waals surface area contributed by atoms with E-state index in [0.29, 0.717) is 5.89 Å². The highest BCUT2D eigenvalue weighted by Gasteiger charge is 2.10. The van der Waals surface area contributed by atoms with Crippen LogP contribution in [0.2, 0.25) is 0 Å². The van der Waals surface area contributed by atoms with Gasteiger partial charge >= 0.3 is 0 Å². The third-order valence-electron chi connectivity index (χ3n) is 2.42. The summed E-state index contributed by atoms with van der Waals surface area (Å²) in [6.07, 6.45) is 1.86. The molecule has 0 bridgehead atoms. The number of hydrogen-bond donors (Lipinski definition) is 1. The summed E-state index contributed by atoms with van der Waals surface area (Å²) in [4.78, 5) is 4.34. The fourth-order valence-electron chi connectivity index (χ4n) is 1.62. The maximum absolute atomic E-state index is 5.69. The van der Waals surface area contributed by atoms with E-state index in [0.717, 1.165) is 35.5 Å². The van der Waals surface area contributed by atoms with Crippen molar-refractivity contribution in [1.29, 1.82) is 0 Å². The average Bonchev–Trinajstić information content (AvgIpc) is 2.67. The van der Waals surface area contributed by atoms with Crippen LogP contribution in [0.4, 0.5) is 5.69 Å². The molecule has 4 nitrogen and oxygen atoms in total. The molecule has 2 N–H and O–H groups in total. The van der Waals surface area contributed by atoms with E-state index in [2.05, 4.69) is 17.1 Å². The van der Waals surface area contributed by atoms with Gasteiger partial charge in [-0.15, -0.1) is 0 Å². The van der Waals surface area contributed by atoms with Gasteiger partial charge in [-0.2, -0.15) is 4.98 Å². The average molecular weight is 217 g/mol. The molecule has 0 radical (unpaired) electrons. The van der Waals surface area contributed by atoms with E-state index < -0.39 is 0 Å². The number of nitrogen functional groups attached to an aromatic ring is 1. The van der Waals surface area contributed by atoms with E-state index in [1.807, 2.05) is 25.1 Å². The minimum atomic E-state index is 0.570. The van der Waals surface area contributed by atoms with Gasteiger partial charge in [-0.3, -0.25) is 0 Å². The lowest BCUT2D eigenvalue weighted by atomic mass is 10.1. The summed E-state index contributed by atoms with van der Waals surface area (Å²) in [5.74, 6) is 1.33. The summed E-state index contributed by atoms with van der Waals surface area (Å²) in [5, 5.41) is 3.93. The Morgan fingerprint density at radius 3 is 2.88 bits per heavy atom. The quantitative estimate of drug-likeness (QED) is 0.802. The van der Waals surface area contributed by atoms with Crippen molar-refractivity contribution < 1.29 is 4.52 Å². The van der Waals surface area contributed by atoms with Gasteiger partial charge in [0.2, 0.25) is 0 Å². The summed E-state index contributed by atoms with van der Waals surface area (Å²) in [5.41, 5.74) is 8.43. The van der Waals surface area contributed by atoms with Gasteiger partial charge in [-0.1, -0.05) is 12.1 Å². The third kappa shape index (κ3) is 2.05. The number of aryl methyl sites for hydroxylation is 2. The predicted molar refractivity (Wildman–Crippen MR) is 62.9 cm³/mol. The number of nitrogens with two attached hydrogens (primary N) is 1. The Kier molecular flexibility index (Phi) is 2.90. The predicted octanol–water partition coefficient (Wildman–Crippen LogP) is 2.58. The molecule has 84 valence electrons. The summed E-state index contributed by atoms with van der Waals surface area (Å²) >= 11 is 0. The van der Waals surface area contributed by atoms with Crippen LogP contribution in [0.5, 0.6) is 0 Å². The van der Waals surface area contributed by atoms with Crippen LogP contribution in [-0.2, 0) is 6.42 Å². The Hall–Kier alpha value is -1.84. The normalized spacial score (nSPS) is 10.6. The van der Waals surface area contributed by atoms with E-state index >= 15 is 0 Å². The van der Waals surface area contributed by atoms with Gasteiger partial charge in [0.25, 0.3) is 5.89 Å². The van der Waals surface area contributed by atoms with Gasteiger partial charge in [0.05, 0.1) is 0 Å². The van der Waals surface area contributed by atoms with E-state index in [9.17, 15) is 0 Å². The topological polar surface area (TPSA) is 64.9 Å². The number of hydrogen-bond acceptors (Lipinski definition) is 4. The SMILES string of the molecule is CCCc1noc(-c2ccc(N)cc2C)n1. The Labute approximate surface area is 94.5 Å². The van der Waals surface area contributed by atoms with Crippen LogP contribution in [0.15, 0.2) is 22.7 Å². The Morgan fingerprint density at radius 1 is 1.38 bits per heavy atom. The lowest BCUT2D eigenvalue weighted by Gasteiger charge is -2.00. The minimum absolute atomic E-state index is 0.570. The van der Waals surface area contributed by atoms with Crippen LogP contribution in [-0.4, -0.2) is 10.1 Å². The molecule has 4 heteroatoms. The molecular weight excluding hydrogens is 202 g/mol. The molecule has 0 saturated carbocycles. The first-order chi connectivity index (χ1) is 7.70. The van der Waals surface area contributed by atoms with Crippen molar-refractivity contribution in [2.75, 3.05) is 5.73 Å². The van der Waals surface area contributed by atoms with Crippen LogP contribution in [0, 0.1) is 6.92 Å². The number of aromatic nitrogens is 2. The second-order valence-corrected chi connectivity index (χ2v) is 3.84. The molecule has 1 heterocycles. The summed E-state index contributed by atoms with van der Waals surface area (Å²) in [6, 6.07) is 5.65. The van der Waals surface area contributed by atoms with Gasteiger partial charge in [0.15, 0.2) is 5.82 Å². The zero-order chi connectivity index (χ0) is 11.5. The van der Waals surface area contributed by atoms with E-state index in [-0.39, 0.29) is 0 Å². The van der Waals surface area contributed by atoms with Gasteiger partial charge in [-0.25, -0.2) is 0 Å². The standard InChI is InChI=1S/C12H15N3O/c1-3-4-11-14-12(16-15-11)10-6-5-9(13)7-8(10)2/h5-7H,3-4,13H2,1-2H3. The van der Waals surface area contributed by atoms with Gasteiger partial charge in [0, 0.05) is 17.7 Å². The highest BCUT2D eigenvalue weighted by Crippen LogP contribution is 2.23. The highest BCUT2D eigenvalue weighted by molar-refractivity contribution is 5.62. The molecule has 0 fully saturated rings. The van der Waals surface area contributed by atoms with Crippen LogP contribution >= 0.6 is 0 Å². The molecule has 2 rings (SSSR count). The van der Waals surface area contributed by atoms with E-state index in [1.165, 1.54) is 0 Å². The first-order valence-electron chi connectivity index (χ1n) is 5.39. The van der Waals surface area contributed by atoms with Crippen LogP contribution in [0.25, 0.3) is 11.5 Å². The molecule has 2 aromatic rings. The first-order valence-corrected chi connectivity index (χ1v) is 5.39. The Bertz CT molecular complexity index is 491. The van der Waals surface area contributed by atoms with Crippen molar-refractivity contribution >= 4 is 5.69 Å². The molecule has 0 amide bonds. The molecular formula is C12H15N3O. The molecule has 16 heavy (non-hydrogen) atoms. The third-order valence-corrected chi connectivity index (χ3v) is 2.42. The molecule has 0 atom stereocenters. The minimum Gasteiger partial charge on any atom is -0.399 e. The van der Waals surface area contributed by atoms with Gasteiger partial charge in [-0.05, 0) is 37.1 Å². The highest BCUT2D eigenvalue weighted by atomic mass is 16.5. The molecule has 0 unspecified atom stereocenters. The molecule has 0 saturated heterocycles. The van der Waals surface area contributed by atoms with Crippen molar-refractivity contribution in [2.45, 2.75) is 26.7 Å². The Morgan fingerprint density at radius 2 is 2.19 bits per heavy atom. The zero-order valence-electron chi connectivity index (χ0n) is 9.53. The Balaban J connectivity index is 2.35. The summed E-state index contributed by atoms with van der Waals surface area (Å²) in [7, 11) is 0. The second-order valence-electron chi connectivity index (χ2n) is 3.84. The molecule has 0 aliphatic rings. The van der Waals surface area contributed by atoms with Gasteiger partial charge in [0.1, 0.15) is 0 Å². The maximum atomic E-state index is 5.69. The molecule has 0 aliphatic heterocycles. The molecule has 0 aliphatic carbocycles. The number of rotatable bonds is 3. The second kappa shape index (κ2) is 4.35. The van der Waals surface area contributed by atoms with Crippen molar-refractivity contribution in [3.63, 3.8) is 0 Å². The zero-order valence-corrected chi connectivity index (χ0v) is 9.53. The number of anilines is 1. The smallest absolute Gasteiger partial charge is 0.258 e.